The van der Waals surface area contributed by atoms with Crippen molar-refractivity contribution in [3.63, 3.8) is 0 Å². The van der Waals surface area contributed by atoms with Crippen LogP contribution >= 0.6 is 11.8 Å². The van der Waals surface area contributed by atoms with Gasteiger partial charge in [-0.05, 0) is 62.5 Å². The standard InChI is InChI=1S/C24H23NO2S/c1-15-17-7-4-5-9-19(17)21(14-28-13-12-22(25)24(26)27)20-11-10-16-6-2-3-8-18(16)23(15)20/h2-11,22H,12-14,25H2,1H3,(H,26,27)/t22-/m1/s1. The molecule has 4 aromatic rings. The summed E-state index contributed by atoms with van der Waals surface area (Å²) in [5.41, 5.74) is 8.27. The minimum Gasteiger partial charge on any atom is -0.480 e. The van der Waals surface area contributed by atoms with Crippen LogP contribution in [-0.2, 0) is 10.5 Å². The quantitative estimate of drug-likeness (QED) is 0.260. The van der Waals surface area contributed by atoms with Crippen LogP contribution in [0.3, 0.4) is 0 Å². The van der Waals surface area contributed by atoms with Gasteiger partial charge >= 0.3 is 5.97 Å². The number of rotatable bonds is 6. The van der Waals surface area contributed by atoms with Crippen LogP contribution in [-0.4, -0.2) is 22.9 Å². The van der Waals surface area contributed by atoms with Gasteiger partial charge in [0.1, 0.15) is 6.04 Å². The van der Waals surface area contributed by atoms with Crippen molar-refractivity contribution in [2.75, 3.05) is 5.75 Å². The Hall–Kier alpha value is -2.56. The van der Waals surface area contributed by atoms with Crippen molar-refractivity contribution < 1.29 is 9.90 Å². The second kappa shape index (κ2) is 7.82. The molecular formula is C24H23NO2S. The highest BCUT2D eigenvalue weighted by molar-refractivity contribution is 7.98. The summed E-state index contributed by atoms with van der Waals surface area (Å²) < 4.78 is 0. The van der Waals surface area contributed by atoms with Crippen molar-refractivity contribution in [2.24, 2.45) is 5.73 Å². The van der Waals surface area contributed by atoms with Gasteiger partial charge in [0.25, 0.3) is 0 Å². The van der Waals surface area contributed by atoms with Crippen molar-refractivity contribution in [1.29, 1.82) is 0 Å². The first kappa shape index (κ1) is 18.8. The molecule has 0 bridgehead atoms. The number of fused-ring (bicyclic) bond motifs is 4. The zero-order valence-corrected chi connectivity index (χ0v) is 16.6. The highest BCUT2D eigenvalue weighted by Gasteiger charge is 2.15. The van der Waals surface area contributed by atoms with Gasteiger partial charge in [-0.3, -0.25) is 4.79 Å². The molecule has 0 aromatic heterocycles. The number of aryl methyl sites for hydroxylation is 1. The Balaban J connectivity index is 1.82. The molecule has 0 fully saturated rings. The Morgan fingerprint density at radius 1 is 0.964 bits per heavy atom. The predicted molar refractivity (Wildman–Crippen MR) is 120 cm³/mol. The van der Waals surface area contributed by atoms with E-state index in [0.29, 0.717) is 6.42 Å². The molecule has 0 aliphatic carbocycles. The Kier molecular flexibility index (Phi) is 5.25. The van der Waals surface area contributed by atoms with E-state index in [1.807, 2.05) is 0 Å². The Morgan fingerprint density at radius 3 is 2.39 bits per heavy atom. The van der Waals surface area contributed by atoms with E-state index in [0.717, 1.165) is 11.5 Å². The molecule has 4 rings (SSSR count). The SMILES string of the molecule is Cc1c2ccccc2c(CSCC[C@@H](N)C(=O)O)c2ccc3ccccc3c12. The monoisotopic (exact) mass is 389 g/mol. The maximum atomic E-state index is 10.9. The molecule has 0 unspecified atom stereocenters. The highest BCUT2D eigenvalue weighted by Crippen LogP contribution is 2.38. The fourth-order valence-electron chi connectivity index (χ4n) is 3.94. The molecule has 4 heteroatoms. The number of hydrogen-bond donors (Lipinski definition) is 2. The molecule has 0 radical (unpaired) electrons. The minimum atomic E-state index is -0.932. The second-order valence-electron chi connectivity index (χ2n) is 7.14. The third kappa shape index (κ3) is 3.34. The Bertz CT molecular complexity index is 1190. The van der Waals surface area contributed by atoms with E-state index in [9.17, 15) is 4.79 Å². The topological polar surface area (TPSA) is 63.3 Å². The first-order valence-electron chi connectivity index (χ1n) is 9.45. The summed E-state index contributed by atoms with van der Waals surface area (Å²) in [6.07, 6.45) is 0.477. The second-order valence-corrected chi connectivity index (χ2v) is 8.25. The molecule has 0 saturated carbocycles. The summed E-state index contributed by atoms with van der Waals surface area (Å²) in [6, 6.07) is 20.7. The zero-order valence-electron chi connectivity index (χ0n) is 15.8. The number of hydrogen-bond acceptors (Lipinski definition) is 3. The van der Waals surface area contributed by atoms with Crippen molar-refractivity contribution >= 4 is 50.0 Å². The summed E-state index contributed by atoms with van der Waals surface area (Å²) >= 11 is 1.75. The number of aliphatic carboxylic acids is 1. The van der Waals surface area contributed by atoms with Crippen molar-refractivity contribution in [3.8, 4) is 0 Å². The lowest BCUT2D eigenvalue weighted by atomic mass is 9.90. The lowest BCUT2D eigenvalue weighted by Crippen LogP contribution is -2.30. The van der Waals surface area contributed by atoms with Gasteiger partial charge in [-0.2, -0.15) is 11.8 Å². The van der Waals surface area contributed by atoms with Gasteiger partial charge in [-0.25, -0.2) is 0 Å². The molecule has 0 aliphatic rings. The van der Waals surface area contributed by atoms with Gasteiger partial charge in [0, 0.05) is 5.75 Å². The summed E-state index contributed by atoms with van der Waals surface area (Å²) in [5, 5.41) is 16.7. The van der Waals surface area contributed by atoms with Crippen LogP contribution in [0.2, 0.25) is 0 Å². The van der Waals surface area contributed by atoms with Crippen LogP contribution in [0.4, 0.5) is 0 Å². The van der Waals surface area contributed by atoms with Gasteiger partial charge in [0.15, 0.2) is 0 Å². The molecule has 3 N–H and O–H groups in total. The van der Waals surface area contributed by atoms with Crippen LogP contribution in [0.25, 0.3) is 32.3 Å². The molecule has 0 saturated heterocycles. The van der Waals surface area contributed by atoms with Crippen molar-refractivity contribution in [3.05, 3.63) is 71.8 Å². The number of carbonyl (C=O) groups is 1. The number of thioether (sulfide) groups is 1. The largest absolute Gasteiger partial charge is 0.480 e. The van der Waals surface area contributed by atoms with Gasteiger partial charge in [0.2, 0.25) is 0 Å². The first-order chi connectivity index (χ1) is 13.6. The van der Waals surface area contributed by atoms with Crippen LogP contribution in [0, 0.1) is 6.92 Å². The van der Waals surface area contributed by atoms with Crippen LogP contribution < -0.4 is 5.73 Å². The Morgan fingerprint density at radius 2 is 1.64 bits per heavy atom. The highest BCUT2D eigenvalue weighted by atomic mass is 32.2. The van der Waals surface area contributed by atoms with E-state index >= 15 is 0 Å². The average Bonchev–Trinajstić information content (AvgIpc) is 2.72. The molecule has 0 spiro atoms. The molecule has 0 aliphatic heterocycles. The average molecular weight is 390 g/mol. The van der Waals surface area contributed by atoms with E-state index in [-0.39, 0.29) is 0 Å². The van der Waals surface area contributed by atoms with E-state index in [2.05, 4.69) is 67.6 Å². The van der Waals surface area contributed by atoms with Gasteiger partial charge in [-0.15, -0.1) is 0 Å². The molecule has 3 nitrogen and oxygen atoms in total. The number of benzene rings is 4. The summed E-state index contributed by atoms with van der Waals surface area (Å²) in [5.74, 6) is 0.630. The predicted octanol–water partition coefficient (Wildman–Crippen LogP) is 5.49. The van der Waals surface area contributed by atoms with Crippen LogP contribution in [0.15, 0.2) is 60.7 Å². The van der Waals surface area contributed by atoms with Gasteiger partial charge in [-0.1, -0.05) is 60.7 Å². The third-order valence-corrected chi connectivity index (χ3v) is 6.44. The minimum absolute atomic E-state index is 0.477. The smallest absolute Gasteiger partial charge is 0.320 e. The summed E-state index contributed by atoms with van der Waals surface area (Å²) in [4.78, 5) is 10.9. The van der Waals surface area contributed by atoms with E-state index < -0.39 is 12.0 Å². The lowest BCUT2D eigenvalue weighted by molar-refractivity contribution is -0.138. The third-order valence-electron chi connectivity index (χ3n) is 5.42. The maximum Gasteiger partial charge on any atom is 0.320 e. The van der Waals surface area contributed by atoms with Gasteiger partial charge in [0.05, 0.1) is 0 Å². The summed E-state index contributed by atoms with van der Waals surface area (Å²) in [7, 11) is 0. The first-order valence-corrected chi connectivity index (χ1v) is 10.6. The molecule has 0 amide bonds. The van der Waals surface area contributed by atoms with E-state index in [1.165, 1.54) is 43.4 Å². The number of carboxylic acids is 1. The molecular weight excluding hydrogens is 366 g/mol. The normalized spacial score (nSPS) is 12.6. The zero-order chi connectivity index (χ0) is 19.7. The number of carboxylic acid groups (broad SMARTS) is 1. The summed E-state index contributed by atoms with van der Waals surface area (Å²) in [6.45, 7) is 2.21. The number of nitrogens with two attached hydrogens (primary N) is 1. The van der Waals surface area contributed by atoms with Crippen molar-refractivity contribution in [2.45, 2.75) is 25.1 Å². The molecule has 1 atom stereocenters. The molecule has 0 heterocycles. The fraction of sp³-hybridized carbons (Fsp3) is 0.208. The van der Waals surface area contributed by atoms with Crippen LogP contribution in [0.5, 0.6) is 0 Å². The van der Waals surface area contributed by atoms with E-state index in [1.54, 1.807) is 11.8 Å². The molecule has 142 valence electrons. The molecule has 4 aromatic carbocycles. The van der Waals surface area contributed by atoms with E-state index in [4.69, 9.17) is 10.8 Å². The fourth-order valence-corrected chi connectivity index (χ4v) is 5.02. The van der Waals surface area contributed by atoms with Crippen molar-refractivity contribution in [1.82, 2.24) is 0 Å². The van der Waals surface area contributed by atoms with Crippen LogP contribution in [0.1, 0.15) is 17.5 Å². The lowest BCUT2D eigenvalue weighted by Gasteiger charge is -2.17. The Labute approximate surface area is 168 Å². The van der Waals surface area contributed by atoms with Gasteiger partial charge < -0.3 is 10.8 Å². The molecule has 28 heavy (non-hydrogen) atoms. The maximum absolute atomic E-state index is 10.9.